The van der Waals surface area contributed by atoms with Crippen molar-refractivity contribution in [1.29, 1.82) is 0 Å². The second-order valence-corrected chi connectivity index (χ2v) is 9.51. The molecule has 33 heavy (non-hydrogen) atoms. The van der Waals surface area contributed by atoms with Gasteiger partial charge in [-0.2, -0.15) is 0 Å². The van der Waals surface area contributed by atoms with Crippen LogP contribution in [0.3, 0.4) is 0 Å². The zero-order valence-corrected chi connectivity index (χ0v) is 19.3. The quantitative estimate of drug-likeness (QED) is 0.703. The van der Waals surface area contributed by atoms with Crippen molar-refractivity contribution in [2.24, 2.45) is 5.41 Å². The fraction of sp³-hybridized carbons (Fsp3) is 0.583. The number of amides is 1. The number of hydrogen-bond donors (Lipinski definition) is 0. The highest BCUT2D eigenvalue weighted by Gasteiger charge is 2.51. The predicted octanol–water partition coefficient (Wildman–Crippen LogP) is 3.12. The average Bonchev–Trinajstić information content (AvgIpc) is 3.25. The van der Waals surface area contributed by atoms with E-state index in [-0.39, 0.29) is 17.3 Å². The first-order valence-electron chi connectivity index (χ1n) is 11.8. The molecule has 1 aliphatic carbocycles. The number of piperazine rings is 1. The van der Waals surface area contributed by atoms with Crippen LogP contribution >= 0.6 is 0 Å². The Balaban J connectivity index is 1.21. The molecule has 2 aromatic heterocycles. The van der Waals surface area contributed by atoms with Crippen molar-refractivity contribution >= 4 is 11.8 Å². The molecule has 3 fully saturated rings. The Bertz CT molecular complexity index is 1000. The van der Waals surface area contributed by atoms with Crippen LogP contribution in [0.5, 0.6) is 0 Å². The fourth-order valence-electron chi connectivity index (χ4n) is 5.62. The Labute approximate surface area is 193 Å². The second kappa shape index (κ2) is 8.85. The highest BCUT2D eigenvalue weighted by molar-refractivity contribution is 5.74. The predicted molar refractivity (Wildman–Crippen MR) is 122 cm³/mol. The molecular formula is C24H31FN6O2. The molecular weight excluding hydrogens is 423 g/mol. The number of carbonyl (C=O) groups is 1. The lowest BCUT2D eigenvalue weighted by molar-refractivity contribution is -0.00294. The molecule has 2 aromatic rings. The highest BCUT2D eigenvalue weighted by Crippen LogP contribution is 2.47. The minimum atomic E-state index is -0.335. The van der Waals surface area contributed by atoms with Gasteiger partial charge in [0.25, 0.3) is 0 Å². The molecule has 9 heteroatoms. The second-order valence-electron chi connectivity index (χ2n) is 9.51. The van der Waals surface area contributed by atoms with Crippen LogP contribution in [0.15, 0.2) is 24.7 Å². The van der Waals surface area contributed by atoms with Gasteiger partial charge >= 0.3 is 6.09 Å². The lowest BCUT2D eigenvalue weighted by atomic mass is 9.78. The number of pyridine rings is 1. The third kappa shape index (κ3) is 4.38. The topological polar surface area (TPSA) is 74.7 Å². The van der Waals surface area contributed by atoms with E-state index in [1.807, 2.05) is 18.7 Å². The number of likely N-dealkylation sites (tertiary alicyclic amines) is 1. The van der Waals surface area contributed by atoms with Crippen LogP contribution in [-0.2, 0) is 4.74 Å². The molecule has 1 atom stereocenters. The molecule has 1 saturated carbocycles. The van der Waals surface area contributed by atoms with Crippen molar-refractivity contribution in [3.8, 4) is 11.3 Å². The molecule has 0 bridgehead atoms. The molecule has 8 nitrogen and oxygen atoms in total. The minimum Gasteiger partial charge on any atom is -0.450 e. The maximum Gasteiger partial charge on any atom is 0.409 e. The summed E-state index contributed by atoms with van der Waals surface area (Å²) < 4.78 is 19.2. The van der Waals surface area contributed by atoms with E-state index in [0.29, 0.717) is 18.5 Å². The minimum absolute atomic E-state index is 0.182. The third-order valence-corrected chi connectivity index (χ3v) is 7.32. The van der Waals surface area contributed by atoms with Crippen LogP contribution in [0, 0.1) is 18.2 Å². The van der Waals surface area contributed by atoms with Gasteiger partial charge in [0.2, 0.25) is 0 Å². The van der Waals surface area contributed by atoms with Gasteiger partial charge in [-0.25, -0.2) is 19.2 Å². The lowest BCUT2D eigenvalue weighted by Crippen LogP contribution is -2.58. The zero-order valence-electron chi connectivity index (χ0n) is 19.3. The van der Waals surface area contributed by atoms with Crippen LogP contribution in [0.2, 0.25) is 0 Å². The molecule has 5 rings (SSSR count). The van der Waals surface area contributed by atoms with E-state index >= 15 is 0 Å². The van der Waals surface area contributed by atoms with E-state index in [0.717, 1.165) is 62.6 Å². The number of ether oxygens (including phenoxy) is 1. The van der Waals surface area contributed by atoms with Crippen molar-refractivity contribution in [2.75, 3.05) is 50.8 Å². The van der Waals surface area contributed by atoms with Crippen LogP contribution in [0.4, 0.5) is 14.9 Å². The lowest BCUT2D eigenvalue weighted by Gasteiger charge is -2.48. The van der Waals surface area contributed by atoms with Crippen LogP contribution in [0.25, 0.3) is 11.3 Å². The van der Waals surface area contributed by atoms with Gasteiger partial charge < -0.3 is 14.5 Å². The number of aryl methyl sites for hydroxylation is 1. The summed E-state index contributed by atoms with van der Waals surface area (Å²) in [7, 11) is 0. The molecule has 0 aromatic carbocycles. The van der Waals surface area contributed by atoms with E-state index in [9.17, 15) is 9.18 Å². The van der Waals surface area contributed by atoms with Gasteiger partial charge in [-0.15, -0.1) is 0 Å². The van der Waals surface area contributed by atoms with Crippen LogP contribution in [0.1, 0.15) is 32.0 Å². The number of aromatic nitrogens is 3. The summed E-state index contributed by atoms with van der Waals surface area (Å²) in [5.74, 6) is 0.361. The van der Waals surface area contributed by atoms with Gasteiger partial charge in [0.1, 0.15) is 11.6 Å². The van der Waals surface area contributed by atoms with E-state index in [4.69, 9.17) is 4.74 Å². The summed E-state index contributed by atoms with van der Waals surface area (Å²) in [6.45, 7) is 9.26. The largest absolute Gasteiger partial charge is 0.450 e. The standard InChI is InChI=1S/C24H31FN6O2/c1-3-33-23(32)31-15-24(16-31)5-4-20(11-24)29-6-8-30(9-7-29)21-10-19(25)14-28-22(21)18-12-26-17(2)27-13-18/h10,12-14,20H,3-9,11,15-16H2,1-2H3/t20-/m1/s1. The summed E-state index contributed by atoms with van der Waals surface area (Å²) in [6.07, 6.45) is 8.04. The Morgan fingerprint density at radius 1 is 1.15 bits per heavy atom. The number of rotatable bonds is 4. The molecule has 176 valence electrons. The van der Waals surface area contributed by atoms with Gasteiger partial charge in [0, 0.05) is 74.7 Å². The van der Waals surface area contributed by atoms with Crippen LogP contribution < -0.4 is 4.90 Å². The molecule has 3 aliphatic rings. The average molecular weight is 455 g/mol. The van der Waals surface area contributed by atoms with Crippen LogP contribution in [-0.4, -0.2) is 82.8 Å². The highest BCUT2D eigenvalue weighted by atomic mass is 19.1. The summed E-state index contributed by atoms with van der Waals surface area (Å²) in [5.41, 5.74) is 2.58. The normalized spacial score (nSPS) is 22.5. The maximum atomic E-state index is 14.1. The number of carbonyl (C=O) groups excluding carboxylic acids is 1. The number of anilines is 1. The first kappa shape index (κ1) is 22.0. The molecule has 0 N–H and O–H groups in total. The van der Waals surface area contributed by atoms with Crippen molar-refractivity contribution < 1.29 is 13.9 Å². The van der Waals surface area contributed by atoms with E-state index in [2.05, 4.69) is 24.8 Å². The fourth-order valence-corrected chi connectivity index (χ4v) is 5.62. The first-order valence-corrected chi connectivity index (χ1v) is 11.8. The smallest absolute Gasteiger partial charge is 0.409 e. The van der Waals surface area contributed by atoms with Gasteiger partial charge in [-0.05, 0) is 33.1 Å². The maximum absolute atomic E-state index is 14.1. The van der Waals surface area contributed by atoms with Gasteiger partial charge in [-0.1, -0.05) is 0 Å². The summed E-state index contributed by atoms with van der Waals surface area (Å²) in [4.78, 5) is 31.5. The third-order valence-electron chi connectivity index (χ3n) is 7.32. The van der Waals surface area contributed by atoms with Gasteiger partial charge in [0.05, 0.1) is 24.2 Å². The van der Waals surface area contributed by atoms with E-state index < -0.39 is 0 Å². The Hall–Kier alpha value is -2.81. The number of hydrogen-bond acceptors (Lipinski definition) is 7. The van der Waals surface area contributed by atoms with E-state index in [1.54, 1.807) is 18.5 Å². The monoisotopic (exact) mass is 454 g/mol. The summed E-state index contributed by atoms with van der Waals surface area (Å²) >= 11 is 0. The SMILES string of the molecule is CCOC(=O)N1CC2(CC[C@@H](N3CCN(c4cc(F)cnc4-c4cnc(C)nc4)CC3)C2)C1. The molecule has 2 saturated heterocycles. The van der Waals surface area contributed by atoms with Gasteiger partial charge in [-0.3, -0.25) is 9.88 Å². The summed E-state index contributed by atoms with van der Waals surface area (Å²) in [6, 6.07) is 2.12. The molecule has 0 radical (unpaired) electrons. The van der Waals surface area contributed by atoms with Crippen molar-refractivity contribution in [3.05, 3.63) is 36.3 Å². The number of halogens is 1. The van der Waals surface area contributed by atoms with Crippen molar-refractivity contribution in [3.63, 3.8) is 0 Å². The summed E-state index contributed by atoms with van der Waals surface area (Å²) in [5, 5.41) is 0. The molecule has 1 spiro atoms. The molecule has 0 unspecified atom stereocenters. The Kier molecular flexibility index (Phi) is 5.90. The molecule has 1 amide bonds. The molecule has 4 heterocycles. The zero-order chi connectivity index (χ0) is 23.0. The molecule has 2 aliphatic heterocycles. The number of nitrogens with zero attached hydrogens (tertiary/aromatic N) is 6. The Morgan fingerprint density at radius 3 is 2.58 bits per heavy atom. The van der Waals surface area contributed by atoms with Crippen molar-refractivity contribution in [2.45, 2.75) is 39.2 Å². The van der Waals surface area contributed by atoms with Crippen molar-refractivity contribution in [1.82, 2.24) is 24.8 Å². The van der Waals surface area contributed by atoms with Gasteiger partial charge in [0.15, 0.2) is 0 Å². The first-order chi connectivity index (χ1) is 16.0. The Morgan fingerprint density at radius 2 is 1.88 bits per heavy atom. The van der Waals surface area contributed by atoms with E-state index in [1.165, 1.54) is 19.0 Å².